The lowest BCUT2D eigenvalue weighted by Gasteiger charge is -2.26. The molecule has 96 valence electrons. The number of alkyl halides is 3. The fourth-order valence-electron chi connectivity index (χ4n) is 1.87. The molecule has 0 bridgehead atoms. The fourth-order valence-corrected chi connectivity index (χ4v) is 1.87. The van der Waals surface area contributed by atoms with Gasteiger partial charge in [0, 0.05) is 12.6 Å². The third-order valence-corrected chi connectivity index (χ3v) is 2.73. The second kappa shape index (κ2) is 5.87. The minimum Gasteiger partial charge on any atom is -0.317 e. The van der Waals surface area contributed by atoms with Gasteiger partial charge in [-0.3, -0.25) is 4.90 Å². The van der Waals surface area contributed by atoms with E-state index in [1.54, 1.807) is 4.90 Å². The monoisotopic (exact) mass is 238 g/mol. The van der Waals surface area contributed by atoms with Gasteiger partial charge in [0.15, 0.2) is 0 Å². The zero-order chi connectivity index (χ0) is 12.2. The summed E-state index contributed by atoms with van der Waals surface area (Å²) in [7, 11) is 0. The predicted octanol–water partition coefficient (Wildman–Crippen LogP) is 2.26. The van der Waals surface area contributed by atoms with Gasteiger partial charge in [0.1, 0.15) is 0 Å². The zero-order valence-corrected chi connectivity index (χ0v) is 9.98. The first-order valence-corrected chi connectivity index (χ1v) is 5.94. The molecule has 0 aromatic rings. The zero-order valence-electron chi connectivity index (χ0n) is 9.98. The molecule has 1 unspecified atom stereocenters. The van der Waals surface area contributed by atoms with Crippen molar-refractivity contribution < 1.29 is 13.2 Å². The van der Waals surface area contributed by atoms with Crippen LogP contribution in [0.15, 0.2) is 0 Å². The SMILES string of the molecule is CCNCC(C)CN(CC(F)(F)F)C1CC1. The van der Waals surface area contributed by atoms with Crippen LogP contribution >= 0.6 is 0 Å². The van der Waals surface area contributed by atoms with Crippen molar-refractivity contribution in [2.75, 3.05) is 26.2 Å². The molecule has 0 spiro atoms. The van der Waals surface area contributed by atoms with Gasteiger partial charge in [0.25, 0.3) is 0 Å². The second-order valence-corrected chi connectivity index (χ2v) is 4.69. The summed E-state index contributed by atoms with van der Waals surface area (Å²) in [5, 5.41) is 3.17. The van der Waals surface area contributed by atoms with E-state index >= 15 is 0 Å². The second-order valence-electron chi connectivity index (χ2n) is 4.69. The molecular weight excluding hydrogens is 217 g/mol. The first kappa shape index (κ1) is 13.8. The Hall–Kier alpha value is -0.290. The molecule has 0 aromatic carbocycles. The van der Waals surface area contributed by atoms with Crippen LogP contribution in [0.2, 0.25) is 0 Å². The molecule has 1 rings (SSSR count). The summed E-state index contributed by atoms with van der Waals surface area (Å²) in [5.41, 5.74) is 0. The Balaban J connectivity index is 2.33. The van der Waals surface area contributed by atoms with Crippen LogP contribution in [0.1, 0.15) is 26.7 Å². The molecule has 16 heavy (non-hydrogen) atoms. The lowest BCUT2D eigenvalue weighted by atomic mass is 10.1. The van der Waals surface area contributed by atoms with Crippen LogP contribution in [-0.2, 0) is 0 Å². The smallest absolute Gasteiger partial charge is 0.317 e. The Labute approximate surface area is 95.2 Å². The van der Waals surface area contributed by atoms with E-state index in [0.717, 1.165) is 25.9 Å². The minimum absolute atomic E-state index is 0.172. The quantitative estimate of drug-likeness (QED) is 0.732. The highest BCUT2D eigenvalue weighted by Crippen LogP contribution is 2.30. The van der Waals surface area contributed by atoms with Gasteiger partial charge < -0.3 is 5.32 Å². The van der Waals surface area contributed by atoms with Crippen LogP contribution < -0.4 is 5.32 Å². The highest BCUT2D eigenvalue weighted by atomic mass is 19.4. The molecule has 5 heteroatoms. The van der Waals surface area contributed by atoms with Gasteiger partial charge in [-0.25, -0.2) is 0 Å². The van der Waals surface area contributed by atoms with E-state index < -0.39 is 12.7 Å². The van der Waals surface area contributed by atoms with Gasteiger partial charge >= 0.3 is 6.18 Å². The van der Waals surface area contributed by atoms with E-state index in [-0.39, 0.29) is 12.0 Å². The third-order valence-electron chi connectivity index (χ3n) is 2.73. The summed E-state index contributed by atoms with van der Waals surface area (Å²) in [6.07, 6.45) is -2.23. The topological polar surface area (TPSA) is 15.3 Å². The summed E-state index contributed by atoms with van der Waals surface area (Å²) >= 11 is 0. The predicted molar refractivity (Wildman–Crippen MR) is 58.4 cm³/mol. The van der Waals surface area contributed by atoms with Crippen LogP contribution in [0.25, 0.3) is 0 Å². The van der Waals surface area contributed by atoms with Crippen molar-refractivity contribution >= 4 is 0 Å². The molecular formula is C11H21F3N2. The van der Waals surface area contributed by atoms with Crippen molar-refractivity contribution in [1.82, 2.24) is 10.2 Å². The lowest BCUT2D eigenvalue weighted by Crippen LogP contribution is -2.40. The Morgan fingerprint density at radius 1 is 1.38 bits per heavy atom. The fraction of sp³-hybridized carbons (Fsp3) is 1.00. The van der Waals surface area contributed by atoms with Crippen LogP contribution in [0.4, 0.5) is 13.2 Å². The molecule has 1 aliphatic carbocycles. The first-order valence-electron chi connectivity index (χ1n) is 5.94. The molecule has 0 aliphatic heterocycles. The van der Waals surface area contributed by atoms with Crippen molar-refractivity contribution in [3.05, 3.63) is 0 Å². The van der Waals surface area contributed by atoms with Gasteiger partial charge in [-0.2, -0.15) is 13.2 Å². The minimum atomic E-state index is -4.07. The molecule has 1 fully saturated rings. The Bertz CT molecular complexity index is 202. The summed E-state index contributed by atoms with van der Waals surface area (Å²) in [6, 6.07) is 0.172. The molecule has 0 saturated heterocycles. The summed E-state index contributed by atoms with van der Waals surface area (Å²) in [5.74, 6) is 0.267. The maximum absolute atomic E-state index is 12.3. The number of hydrogen-bond donors (Lipinski definition) is 1. The van der Waals surface area contributed by atoms with Crippen molar-refractivity contribution in [2.24, 2.45) is 5.92 Å². The van der Waals surface area contributed by atoms with Crippen LogP contribution in [-0.4, -0.2) is 43.3 Å². The molecule has 0 amide bonds. The van der Waals surface area contributed by atoms with Gasteiger partial charge in [0.05, 0.1) is 6.54 Å². The molecule has 1 aliphatic rings. The largest absolute Gasteiger partial charge is 0.401 e. The van der Waals surface area contributed by atoms with Gasteiger partial charge in [-0.15, -0.1) is 0 Å². The summed E-state index contributed by atoms with van der Waals surface area (Å²) < 4.78 is 37.0. The van der Waals surface area contributed by atoms with Gasteiger partial charge in [-0.1, -0.05) is 13.8 Å². The molecule has 0 aromatic heterocycles. The maximum atomic E-state index is 12.3. The van der Waals surface area contributed by atoms with E-state index in [0.29, 0.717) is 6.54 Å². The number of rotatable bonds is 7. The lowest BCUT2D eigenvalue weighted by molar-refractivity contribution is -0.148. The average molecular weight is 238 g/mol. The van der Waals surface area contributed by atoms with Crippen LogP contribution in [0.5, 0.6) is 0 Å². The highest BCUT2D eigenvalue weighted by molar-refractivity contribution is 4.86. The van der Waals surface area contributed by atoms with E-state index in [2.05, 4.69) is 5.32 Å². The Morgan fingerprint density at radius 3 is 2.44 bits per heavy atom. The molecule has 0 radical (unpaired) electrons. The third kappa shape index (κ3) is 5.70. The normalized spacial score (nSPS) is 19.1. The molecule has 2 nitrogen and oxygen atoms in total. The first-order chi connectivity index (χ1) is 7.42. The van der Waals surface area contributed by atoms with Crippen LogP contribution in [0, 0.1) is 5.92 Å². The summed E-state index contributed by atoms with van der Waals surface area (Å²) in [6.45, 7) is 5.44. The van der Waals surface area contributed by atoms with E-state index in [1.165, 1.54) is 0 Å². The van der Waals surface area contributed by atoms with E-state index in [1.807, 2.05) is 13.8 Å². The standard InChI is InChI=1S/C11H21F3N2/c1-3-15-6-9(2)7-16(10-4-5-10)8-11(12,13)14/h9-10,15H,3-8H2,1-2H3. The summed E-state index contributed by atoms with van der Waals surface area (Å²) in [4.78, 5) is 1.59. The number of halogens is 3. The molecule has 0 heterocycles. The van der Waals surface area contributed by atoms with Crippen LogP contribution in [0.3, 0.4) is 0 Å². The molecule has 1 atom stereocenters. The Morgan fingerprint density at radius 2 is 2.00 bits per heavy atom. The number of nitrogens with zero attached hydrogens (tertiary/aromatic N) is 1. The van der Waals surface area contributed by atoms with Gasteiger partial charge in [-0.05, 0) is 31.8 Å². The highest BCUT2D eigenvalue weighted by Gasteiger charge is 2.38. The maximum Gasteiger partial charge on any atom is 0.401 e. The molecule has 1 N–H and O–H groups in total. The van der Waals surface area contributed by atoms with Crippen molar-refractivity contribution in [3.63, 3.8) is 0 Å². The number of nitrogens with one attached hydrogen (secondary N) is 1. The van der Waals surface area contributed by atoms with Crippen molar-refractivity contribution in [1.29, 1.82) is 0 Å². The molecule has 1 saturated carbocycles. The van der Waals surface area contributed by atoms with E-state index in [4.69, 9.17) is 0 Å². The van der Waals surface area contributed by atoms with Gasteiger partial charge in [0.2, 0.25) is 0 Å². The van der Waals surface area contributed by atoms with E-state index in [9.17, 15) is 13.2 Å². The van der Waals surface area contributed by atoms with Crippen molar-refractivity contribution in [3.8, 4) is 0 Å². The van der Waals surface area contributed by atoms with Crippen molar-refractivity contribution in [2.45, 2.75) is 38.9 Å². The average Bonchev–Trinajstić information content (AvgIpc) is 2.94. The Kier molecular flexibility index (Phi) is 5.05. The number of hydrogen-bond acceptors (Lipinski definition) is 2.